The number of hydrogen-bond donors (Lipinski definition) is 1. The van der Waals surface area contributed by atoms with Crippen molar-refractivity contribution < 1.29 is 9.50 Å². The summed E-state index contributed by atoms with van der Waals surface area (Å²) in [6.45, 7) is 3.31. The van der Waals surface area contributed by atoms with Crippen molar-refractivity contribution in [3.05, 3.63) is 59.9 Å². The number of anilines is 1. The lowest BCUT2D eigenvalue weighted by molar-refractivity contribution is 0.464. The second-order valence-electron chi connectivity index (χ2n) is 4.12. The topological polar surface area (TPSA) is 23.5 Å². The lowest BCUT2D eigenvalue weighted by Crippen LogP contribution is -2.21. The Hall–Kier alpha value is -2.03. The number of nitrogens with zero attached hydrogens (tertiary/aromatic N) is 1. The van der Waals surface area contributed by atoms with Crippen molar-refractivity contribution in [2.45, 2.75) is 13.5 Å². The Balaban J connectivity index is 2.23. The monoisotopic (exact) mass is 245 g/mol. The molecule has 2 aromatic carbocycles. The van der Waals surface area contributed by atoms with Crippen LogP contribution in [0.5, 0.6) is 5.75 Å². The van der Waals surface area contributed by atoms with Crippen LogP contribution < -0.4 is 4.90 Å². The first-order valence-corrected chi connectivity index (χ1v) is 5.98. The van der Waals surface area contributed by atoms with Crippen LogP contribution in [-0.2, 0) is 6.54 Å². The minimum Gasteiger partial charge on any atom is -0.508 e. The van der Waals surface area contributed by atoms with E-state index in [9.17, 15) is 9.50 Å². The molecule has 0 saturated heterocycles. The highest BCUT2D eigenvalue weighted by Gasteiger charge is 2.09. The van der Waals surface area contributed by atoms with Crippen LogP contribution in [0.15, 0.2) is 48.5 Å². The number of phenolic OH excluding ortho intramolecular Hbond substituents is 1. The van der Waals surface area contributed by atoms with Crippen LogP contribution in [0.3, 0.4) is 0 Å². The number of hydrogen-bond acceptors (Lipinski definition) is 2. The lowest BCUT2D eigenvalue weighted by Gasteiger charge is -2.23. The zero-order valence-electron chi connectivity index (χ0n) is 10.3. The third kappa shape index (κ3) is 2.80. The van der Waals surface area contributed by atoms with Gasteiger partial charge in [0.05, 0.1) is 0 Å². The highest BCUT2D eigenvalue weighted by atomic mass is 19.1. The van der Waals surface area contributed by atoms with Gasteiger partial charge in [-0.15, -0.1) is 0 Å². The summed E-state index contributed by atoms with van der Waals surface area (Å²) in [5, 5.41) is 9.73. The van der Waals surface area contributed by atoms with Gasteiger partial charge in [-0.1, -0.05) is 18.2 Å². The van der Waals surface area contributed by atoms with Gasteiger partial charge in [0, 0.05) is 24.3 Å². The van der Waals surface area contributed by atoms with E-state index in [0.717, 1.165) is 12.2 Å². The summed E-state index contributed by atoms with van der Waals surface area (Å²) >= 11 is 0. The van der Waals surface area contributed by atoms with Gasteiger partial charge >= 0.3 is 0 Å². The Morgan fingerprint density at radius 1 is 1.11 bits per heavy atom. The van der Waals surface area contributed by atoms with E-state index in [-0.39, 0.29) is 11.6 Å². The van der Waals surface area contributed by atoms with Gasteiger partial charge in [-0.2, -0.15) is 0 Å². The van der Waals surface area contributed by atoms with Crippen molar-refractivity contribution in [1.29, 1.82) is 0 Å². The first kappa shape index (κ1) is 12.4. The molecule has 2 aromatic rings. The molecule has 0 fully saturated rings. The molecule has 0 aliphatic heterocycles. The maximum atomic E-state index is 13.2. The standard InChI is InChI=1S/C15H16FNO/c1-2-17(14-6-4-3-5-7-14)11-12-10-13(16)8-9-15(12)18/h3-10,18H,2,11H2,1H3. The van der Waals surface area contributed by atoms with Crippen LogP contribution in [0.1, 0.15) is 12.5 Å². The molecule has 0 aromatic heterocycles. The zero-order chi connectivity index (χ0) is 13.0. The average molecular weight is 245 g/mol. The molecule has 1 N–H and O–H groups in total. The molecule has 2 nitrogen and oxygen atoms in total. The Kier molecular flexibility index (Phi) is 3.82. The molecule has 18 heavy (non-hydrogen) atoms. The van der Waals surface area contributed by atoms with Crippen LogP contribution in [0.25, 0.3) is 0 Å². The first-order chi connectivity index (χ1) is 8.70. The number of halogens is 1. The summed E-state index contributed by atoms with van der Waals surface area (Å²) in [5.74, 6) is -0.197. The molecular weight excluding hydrogens is 229 g/mol. The summed E-state index contributed by atoms with van der Waals surface area (Å²) in [7, 11) is 0. The molecule has 0 amide bonds. The number of rotatable bonds is 4. The highest BCUT2D eigenvalue weighted by molar-refractivity contribution is 5.47. The molecule has 0 atom stereocenters. The molecule has 3 heteroatoms. The molecule has 0 unspecified atom stereocenters. The summed E-state index contributed by atoms with van der Waals surface area (Å²) in [5.41, 5.74) is 1.66. The van der Waals surface area contributed by atoms with Gasteiger partial charge in [0.1, 0.15) is 11.6 Å². The normalized spacial score (nSPS) is 10.3. The first-order valence-electron chi connectivity index (χ1n) is 5.98. The van der Waals surface area contributed by atoms with Gasteiger partial charge in [-0.25, -0.2) is 4.39 Å². The van der Waals surface area contributed by atoms with Crippen molar-refractivity contribution in [2.24, 2.45) is 0 Å². The van der Waals surface area contributed by atoms with E-state index >= 15 is 0 Å². The van der Waals surface area contributed by atoms with Crippen LogP contribution in [-0.4, -0.2) is 11.7 Å². The van der Waals surface area contributed by atoms with Gasteiger partial charge in [-0.3, -0.25) is 0 Å². The zero-order valence-corrected chi connectivity index (χ0v) is 10.3. The summed E-state index contributed by atoms with van der Waals surface area (Å²) in [6.07, 6.45) is 0. The van der Waals surface area contributed by atoms with Crippen molar-refractivity contribution in [2.75, 3.05) is 11.4 Å². The Morgan fingerprint density at radius 2 is 1.83 bits per heavy atom. The van der Waals surface area contributed by atoms with Crippen molar-refractivity contribution >= 4 is 5.69 Å². The minimum atomic E-state index is -0.327. The maximum Gasteiger partial charge on any atom is 0.123 e. The Bertz CT molecular complexity index is 513. The third-order valence-electron chi connectivity index (χ3n) is 2.91. The molecule has 0 bridgehead atoms. The summed E-state index contributed by atoms with van der Waals surface area (Å²) in [4.78, 5) is 2.08. The fourth-order valence-electron chi connectivity index (χ4n) is 1.91. The lowest BCUT2D eigenvalue weighted by atomic mass is 10.1. The second-order valence-corrected chi connectivity index (χ2v) is 4.12. The van der Waals surface area contributed by atoms with Crippen molar-refractivity contribution in [1.82, 2.24) is 0 Å². The van der Waals surface area contributed by atoms with Gasteiger partial charge in [0.15, 0.2) is 0 Å². The smallest absolute Gasteiger partial charge is 0.123 e. The fourth-order valence-corrected chi connectivity index (χ4v) is 1.91. The van der Waals surface area contributed by atoms with E-state index in [1.807, 2.05) is 37.3 Å². The van der Waals surface area contributed by atoms with E-state index in [1.165, 1.54) is 18.2 Å². The van der Waals surface area contributed by atoms with Crippen LogP contribution in [0.4, 0.5) is 10.1 Å². The van der Waals surface area contributed by atoms with E-state index in [0.29, 0.717) is 12.1 Å². The van der Waals surface area contributed by atoms with E-state index in [4.69, 9.17) is 0 Å². The van der Waals surface area contributed by atoms with Crippen LogP contribution in [0, 0.1) is 5.82 Å². The second kappa shape index (κ2) is 5.54. The molecule has 0 saturated carbocycles. The number of aromatic hydroxyl groups is 1. The van der Waals surface area contributed by atoms with Gasteiger partial charge in [-0.05, 0) is 37.3 Å². The molecular formula is C15H16FNO. The average Bonchev–Trinajstić information content (AvgIpc) is 2.41. The predicted octanol–water partition coefficient (Wildman–Crippen LogP) is 3.56. The fraction of sp³-hybridized carbons (Fsp3) is 0.200. The molecule has 0 spiro atoms. The van der Waals surface area contributed by atoms with E-state index in [1.54, 1.807) is 0 Å². The predicted molar refractivity (Wildman–Crippen MR) is 71.2 cm³/mol. The highest BCUT2D eigenvalue weighted by Crippen LogP contribution is 2.23. The van der Waals surface area contributed by atoms with E-state index < -0.39 is 0 Å². The molecule has 0 heterocycles. The van der Waals surface area contributed by atoms with Gasteiger partial charge < -0.3 is 10.0 Å². The molecule has 0 aliphatic carbocycles. The SMILES string of the molecule is CCN(Cc1cc(F)ccc1O)c1ccccc1. The maximum absolute atomic E-state index is 13.2. The van der Waals surface area contributed by atoms with Gasteiger partial charge in [0.2, 0.25) is 0 Å². The Morgan fingerprint density at radius 3 is 2.50 bits per heavy atom. The minimum absolute atomic E-state index is 0.130. The number of phenols is 1. The summed E-state index contributed by atoms with van der Waals surface area (Å²) < 4.78 is 13.2. The third-order valence-corrected chi connectivity index (χ3v) is 2.91. The van der Waals surface area contributed by atoms with Crippen LogP contribution >= 0.6 is 0 Å². The van der Waals surface area contributed by atoms with Crippen molar-refractivity contribution in [3.8, 4) is 5.75 Å². The van der Waals surface area contributed by atoms with Crippen molar-refractivity contribution in [3.63, 3.8) is 0 Å². The van der Waals surface area contributed by atoms with E-state index in [2.05, 4.69) is 4.90 Å². The van der Waals surface area contributed by atoms with Gasteiger partial charge in [0.25, 0.3) is 0 Å². The molecule has 0 aliphatic rings. The molecule has 94 valence electrons. The number of benzene rings is 2. The summed E-state index contributed by atoms with van der Waals surface area (Å²) in [6, 6.07) is 13.9. The molecule has 0 radical (unpaired) electrons. The Labute approximate surface area is 106 Å². The largest absolute Gasteiger partial charge is 0.508 e. The molecule has 2 rings (SSSR count). The quantitative estimate of drug-likeness (QED) is 0.890. The number of para-hydroxylation sites is 1. The van der Waals surface area contributed by atoms with Crippen LogP contribution in [0.2, 0.25) is 0 Å².